The Kier molecular flexibility index (Phi) is 5.00. The maximum atomic E-state index is 12.3. The molecule has 0 saturated carbocycles. The first-order valence-electron chi connectivity index (χ1n) is 8.76. The minimum absolute atomic E-state index is 0.0780. The smallest absolute Gasteiger partial charge is 0.280 e. The molecule has 0 atom stereocenters. The van der Waals surface area contributed by atoms with Crippen LogP contribution in [0.15, 0.2) is 63.4 Å². The molecule has 3 rings (SSSR count). The molecule has 0 bridgehead atoms. The molecule has 0 fully saturated rings. The second kappa shape index (κ2) is 7.26. The Balaban J connectivity index is 2.17. The van der Waals surface area contributed by atoms with Crippen molar-refractivity contribution in [3.05, 3.63) is 74.8 Å². The van der Waals surface area contributed by atoms with Crippen molar-refractivity contribution in [1.82, 2.24) is 5.32 Å². The topological polar surface area (TPSA) is 102 Å². The van der Waals surface area contributed by atoms with Gasteiger partial charge in [-0.1, -0.05) is 12.1 Å². The number of nitro groups is 1. The molecule has 0 spiro atoms. The number of rotatable bonds is 5. The van der Waals surface area contributed by atoms with Gasteiger partial charge >= 0.3 is 0 Å². The molecule has 1 N–H and O–H groups in total. The summed E-state index contributed by atoms with van der Waals surface area (Å²) in [7, 11) is 0. The molecule has 1 aliphatic rings. The highest BCUT2D eigenvalue weighted by molar-refractivity contribution is 6.03. The lowest BCUT2D eigenvalue weighted by Gasteiger charge is -2.28. The van der Waals surface area contributed by atoms with E-state index in [4.69, 9.17) is 4.42 Å². The van der Waals surface area contributed by atoms with Crippen LogP contribution in [0.2, 0.25) is 0 Å². The lowest BCUT2D eigenvalue weighted by Crippen LogP contribution is -2.29. The van der Waals surface area contributed by atoms with Crippen LogP contribution in [0, 0.1) is 10.1 Å². The molecule has 0 unspecified atom stereocenters. The van der Waals surface area contributed by atoms with Crippen LogP contribution in [0.25, 0.3) is 11.3 Å². The van der Waals surface area contributed by atoms with Crippen molar-refractivity contribution in [2.75, 3.05) is 0 Å². The van der Waals surface area contributed by atoms with Crippen LogP contribution >= 0.6 is 0 Å². The number of nitrogens with zero attached hydrogens (tertiary/aromatic N) is 1. The molecule has 0 radical (unpaired) electrons. The summed E-state index contributed by atoms with van der Waals surface area (Å²) in [6.07, 6.45) is 0. The van der Waals surface area contributed by atoms with E-state index >= 15 is 0 Å². The molecule has 2 aromatic rings. The van der Waals surface area contributed by atoms with Gasteiger partial charge in [-0.3, -0.25) is 19.7 Å². The fraction of sp³-hybridized carbons (Fsp3) is 0.238. The number of nitro benzene ring substituents is 1. The summed E-state index contributed by atoms with van der Waals surface area (Å²) in [6.45, 7) is 6.43. The van der Waals surface area contributed by atoms with Gasteiger partial charge in [0, 0.05) is 28.6 Å². The molecule has 1 aromatic carbocycles. The standard InChI is InChI=1S/C21H20N2O5/c1-11-19(13(3)24)21(20(14(4)25)12(2)22-11)18-10-9-17(28-18)15-7-5-6-8-16(15)23(26)27/h5-10,21-22H,1-4H3. The van der Waals surface area contributed by atoms with E-state index in [9.17, 15) is 19.7 Å². The fourth-order valence-corrected chi connectivity index (χ4v) is 3.71. The first-order valence-corrected chi connectivity index (χ1v) is 8.76. The Morgan fingerprint density at radius 1 is 1.00 bits per heavy atom. The quantitative estimate of drug-likeness (QED) is 0.614. The molecular formula is C21H20N2O5. The van der Waals surface area contributed by atoms with Gasteiger partial charge in [0.05, 0.1) is 16.4 Å². The highest BCUT2D eigenvalue weighted by Gasteiger charge is 2.35. The van der Waals surface area contributed by atoms with Crippen molar-refractivity contribution in [1.29, 1.82) is 0 Å². The lowest BCUT2D eigenvalue weighted by atomic mass is 9.80. The van der Waals surface area contributed by atoms with Crippen molar-refractivity contribution >= 4 is 17.3 Å². The highest BCUT2D eigenvalue weighted by Crippen LogP contribution is 2.41. The van der Waals surface area contributed by atoms with E-state index in [1.165, 1.54) is 19.9 Å². The largest absolute Gasteiger partial charge is 0.460 e. The van der Waals surface area contributed by atoms with Crippen LogP contribution < -0.4 is 5.32 Å². The third-order valence-corrected chi connectivity index (χ3v) is 4.80. The number of Topliss-reactive ketones (excluding diaryl/α,β-unsaturated/α-hetero) is 2. The van der Waals surface area contributed by atoms with Crippen molar-refractivity contribution in [3.63, 3.8) is 0 Å². The molecule has 2 heterocycles. The zero-order valence-corrected chi connectivity index (χ0v) is 16.0. The highest BCUT2D eigenvalue weighted by atomic mass is 16.6. The Hall–Kier alpha value is -3.48. The maximum absolute atomic E-state index is 12.3. The van der Waals surface area contributed by atoms with Gasteiger partial charge in [-0.2, -0.15) is 0 Å². The van der Waals surface area contributed by atoms with E-state index in [1.807, 2.05) is 0 Å². The second-order valence-electron chi connectivity index (χ2n) is 6.72. The summed E-state index contributed by atoms with van der Waals surface area (Å²) < 4.78 is 5.95. The average Bonchev–Trinajstić information content (AvgIpc) is 3.09. The molecule has 28 heavy (non-hydrogen) atoms. The van der Waals surface area contributed by atoms with Gasteiger partial charge in [0.15, 0.2) is 11.6 Å². The van der Waals surface area contributed by atoms with Gasteiger partial charge in [-0.15, -0.1) is 0 Å². The number of hydrogen-bond donors (Lipinski definition) is 1. The molecule has 7 nitrogen and oxygen atoms in total. The van der Waals surface area contributed by atoms with E-state index < -0.39 is 10.8 Å². The van der Waals surface area contributed by atoms with Crippen LogP contribution in [0.5, 0.6) is 0 Å². The van der Waals surface area contributed by atoms with Gasteiger partial charge in [0.1, 0.15) is 11.5 Å². The number of dihydropyridines is 1. The van der Waals surface area contributed by atoms with E-state index in [0.717, 1.165) is 0 Å². The van der Waals surface area contributed by atoms with Crippen LogP contribution in [-0.4, -0.2) is 16.5 Å². The van der Waals surface area contributed by atoms with Gasteiger partial charge in [-0.25, -0.2) is 0 Å². The number of allylic oxidation sites excluding steroid dienone is 4. The maximum Gasteiger partial charge on any atom is 0.280 e. The number of furan rings is 1. The number of hydrogen-bond acceptors (Lipinski definition) is 6. The number of carbonyl (C=O) groups excluding carboxylic acids is 2. The summed E-state index contributed by atoms with van der Waals surface area (Å²) in [6, 6.07) is 9.55. The van der Waals surface area contributed by atoms with Crippen LogP contribution in [0.3, 0.4) is 0 Å². The number of para-hydroxylation sites is 1. The monoisotopic (exact) mass is 380 g/mol. The Morgan fingerprint density at radius 3 is 2.11 bits per heavy atom. The second-order valence-corrected chi connectivity index (χ2v) is 6.72. The fourth-order valence-electron chi connectivity index (χ4n) is 3.71. The zero-order chi connectivity index (χ0) is 20.6. The van der Waals surface area contributed by atoms with Crippen molar-refractivity contribution in [2.45, 2.75) is 33.6 Å². The van der Waals surface area contributed by atoms with Gasteiger partial charge in [-0.05, 0) is 45.9 Å². The third-order valence-electron chi connectivity index (χ3n) is 4.80. The minimum atomic E-state index is -0.659. The number of nitrogens with one attached hydrogen (secondary N) is 1. The Labute approximate surface area is 161 Å². The Morgan fingerprint density at radius 2 is 1.57 bits per heavy atom. The first-order chi connectivity index (χ1) is 13.2. The normalized spacial score (nSPS) is 14.9. The minimum Gasteiger partial charge on any atom is -0.460 e. The molecule has 0 aliphatic carbocycles. The zero-order valence-electron chi connectivity index (χ0n) is 16.0. The SMILES string of the molecule is CC(=O)C1=C(C)NC(C)=C(C(C)=O)C1c1ccc(-c2ccccc2[N+](=O)[O-])o1. The molecule has 144 valence electrons. The summed E-state index contributed by atoms with van der Waals surface area (Å²) >= 11 is 0. The third kappa shape index (κ3) is 3.26. The van der Waals surface area contributed by atoms with Crippen molar-refractivity contribution in [2.24, 2.45) is 0 Å². The van der Waals surface area contributed by atoms with E-state index in [1.54, 1.807) is 44.2 Å². The van der Waals surface area contributed by atoms with Gasteiger partial charge in [0.25, 0.3) is 5.69 Å². The van der Waals surface area contributed by atoms with Crippen LogP contribution in [0.4, 0.5) is 5.69 Å². The predicted molar refractivity (Wildman–Crippen MR) is 103 cm³/mol. The molecule has 0 saturated heterocycles. The predicted octanol–water partition coefficient (Wildman–Crippen LogP) is 4.27. The molecule has 1 aromatic heterocycles. The van der Waals surface area contributed by atoms with Crippen LogP contribution in [0.1, 0.15) is 39.4 Å². The van der Waals surface area contributed by atoms with Crippen LogP contribution in [-0.2, 0) is 9.59 Å². The first kappa shape index (κ1) is 19.3. The van der Waals surface area contributed by atoms with Gasteiger partial charge < -0.3 is 9.73 Å². The van der Waals surface area contributed by atoms with Crippen molar-refractivity contribution in [3.8, 4) is 11.3 Å². The molecule has 1 aliphatic heterocycles. The lowest BCUT2D eigenvalue weighted by molar-refractivity contribution is -0.384. The number of carbonyl (C=O) groups is 2. The number of ketones is 2. The van der Waals surface area contributed by atoms with Crippen molar-refractivity contribution < 1.29 is 18.9 Å². The van der Waals surface area contributed by atoms with Gasteiger partial charge in [0.2, 0.25) is 0 Å². The summed E-state index contributed by atoms with van der Waals surface area (Å²) in [5.74, 6) is -0.312. The average molecular weight is 380 g/mol. The molecule has 7 heteroatoms. The summed E-state index contributed by atoms with van der Waals surface area (Å²) in [5.41, 5.74) is 2.46. The summed E-state index contributed by atoms with van der Waals surface area (Å²) in [5, 5.41) is 14.4. The number of benzene rings is 1. The van der Waals surface area contributed by atoms with E-state index in [2.05, 4.69) is 5.32 Å². The van der Waals surface area contributed by atoms with E-state index in [-0.39, 0.29) is 17.3 Å². The Bertz CT molecular complexity index is 1020. The van der Waals surface area contributed by atoms with E-state index in [0.29, 0.717) is 39.6 Å². The summed E-state index contributed by atoms with van der Waals surface area (Å²) in [4.78, 5) is 35.5. The molecule has 0 amide bonds. The molecular weight excluding hydrogens is 360 g/mol.